The van der Waals surface area contributed by atoms with Crippen LogP contribution in [0.4, 0.5) is 10.5 Å². The minimum atomic E-state index is -0.833. The zero-order valence-electron chi connectivity index (χ0n) is 11.3. The lowest BCUT2D eigenvalue weighted by Crippen LogP contribution is -2.24. The van der Waals surface area contributed by atoms with Gasteiger partial charge < -0.3 is 15.4 Å². The molecule has 1 heterocycles. The Bertz CT molecular complexity index is 552. The molecule has 2 rings (SSSR count). The third-order valence-electron chi connectivity index (χ3n) is 2.82. The summed E-state index contributed by atoms with van der Waals surface area (Å²) in [6.07, 6.45) is 0.492. The number of hydrogen-bond acceptors (Lipinski definition) is 6. The average Bonchev–Trinajstić information content (AvgIpc) is 2.93. The molecule has 0 spiro atoms. The number of nitrogens with two attached hydrogens (primary N) is 1. The van der Waals surface area contributed by atoms with Crippen molar-refractivity contribution in [3.8, 4) is 0 Å². The molecule has 106 valence electrons. The summed E-state index contributed by atoms with van der Waals surface area (Å²) < 4.78 is 4.86. The van der Waals surface area contributed by atoms with Crippen LogP contribution in [0.1, 0.15) is 11.6 Å². The molecule has 20 heavy (non-hydrogen) atoms. The maximum atomic E-state index is 10.8. The largest absolute Gasteiger partial charge is 0.447 e. The third kappa shape index (κ3) is 3.22. The maximum Gasteiger partial charge on any atom is 0.404 e. The Hall–Kier alpha value is -2.64. The summed E-state index contributed by atoms with van der Waals surface area (Å²) in [6, 6.07) is 7.41. The number of carbonyl (C=O) groups is 1. The van der Waals surface area contributed by atoms with Crippen LogP contribution >= 0.6 is 0 Å². The second-order valence-electron chi connectivity index (χ2n) is 4.39. The smallest absolute Gasteiger partial charge is 0.404 e. The molecule has 1 amide bonds. The Labute approximate surface area is 116 Å². The molecule has 1 atom stereocenters. The van der Waals surface area contributed by atoms with E-state index in [1.54, 1.807) is 0 Å². The SMILES string of the molecule is CN(C)c1ccc(C(COC(N)=O)n2ncnn2)cc1. The number of amides is 1. The first kappa shape index (κ1) is 13.8. The molecule has 0 saturated heterocycles. The van der Waals surface area contributed by atoms with Crippen molar-refractivity contribution in [3.05, 3.63) is 36.2 Å². The third-order valence-corrected chi connectivity index (χ3v) is 2.82. The molecule has 1 aromatic carbocycles. The fourth-order valence-electron chi connectivity index (χ4n) is 1.77. The fourth-order valence-corrected chi connectivity index (χ4v) is 1.77. The van der Waals surface area contributed by atoms with E-state index in [0.717, 1.165) is 11.3 Å². The van der Waals surface area contributed by atoms with E-state index in [1.165, 1.54) is 11.1 Å². The molecule has 0 aliphatic rings. The second-order valence-corrected chi connectivity index (χ2v) is 4.39. The van der Waals surface area contributed by atoms with E-state index < -0.39 is 6.09 Å². The van der Waals surface area contributed by atoms with Crippen molar-refractivity contribution >= 4 is 11.8 Å². The fraction of sp³-hybridized carbons (Fsp3) is 0.333. The zero-order chi connectivity index (χ0) is 14.5. The van der Waals surface area contributed by atoms with Crippen molar-refractivity contribution in [2.75, 3.05) is 25.6 Å². The number of primary amides is 1. The van der Waals surface area contributed by atoms with Crippen molar-refractivity contribution in [1.29, 1.82) is 0 Å². The van der Waals surface area contributed by atoms with Gasteiger partial charge in [0.05, 0.1) is 0 Å². The van der Waals surface area contributed by atoms with E-state index in [9.17, 15) is 4.79 Å². The number of tetrazole rings is 1. The molecule has 1 aromatic heterocycles. The van der Waals surface area contributed by atoms with Crippen molar-refractivity contribution in [1.82, 2.24) is 20.2 Å². The van der Waals surface area contributed by atoms with Gasteiger partial charge in [-0.15, -0.1) is 10.2 Å². The van der Waals surface area contributed by atoms with Gasteiger partial charge >= 0.3 is 6.09 Å². The quantitative estimate of drug-likeness (QED) is 0.849. The van der Waals surface area contributed by atoms with Crippen LogP contribution in [0.3, 0.4) is 0 Å². The van der Waals surface area contributed by atoms with E-state index in [0.29, 0.717) is 0 Å². The highest BCUT2D eigenvalue weighted by Gasteiger charge is 2.18. The Morgan fingerprint density at radius 1 is 1.40 bits per heavy atom. The molecule has 0 aliphatic carbocycles. The molecule has 0 radical (unpaired) electrons. The number of hydrogen-bond donors (Lipinski definition) is 1. The predicted molar refractivity (Wildman–Crippen MR) is 72.3 cm³/mol. The van der Waals surface area contributed by atoms with Crippen molar-refractivity contribution in [3.63, 3.8) is 0 Å². The van der Waals surface area contributed by atoms with E-state index in [4.69, 9.17) is 10.5 Å². The van der Waals surface area contributed by atoms with Gasteiger partial charge in [0.15, 0.2) is 6.33 Å². The van der Waals surface area contributed by atoms with Crippen LogP contribution in [0.5, 0.6) is 0 Å². The van der Waals surface area contributed by atoms with E-state index >= 15 is 0 Å². The molecular weight excluding hydrogens is 260 g/mol. The van der Waals surface area contributed by atoms with Gasteiger partial charge in [-0.1, -0.05) is 12.1 Å². The van der Waals surface area contributed by atoms with Crippen LogP contribution in [0, 0.1) is 0 Å². The van der Waals surface area contributed by atoms with E-state index in [1.807, 2.05) is 43.3 Å². The van der Waals surface area contributed by atoms with Crippen LogP contribution in [0.2, 0.25) is 0 Å². The lowest BCUT2D eigenvalue weighted by Gasteiger charge is -2.17. The van der Waals surface area contributed by atoms with Crippen LogP contribution in [-0.4, -0.2) is 47.0 Å². The Morgan fingerprint density at radius 2 is 2.10 bits per heavy atom. The van der Waals surface area contributed by atoms with Crippen LogP contribution in [-0.2, 0) is 4.74 Å². The summed E-state index contributed by atoms with van der Waals surface area (Å²) in [5, 5.41) is 11.5. The van der Waals surface area contributed by atoms with Gasteiger partial charge in [-0.25, -0.2) is 4.79 Å². The summed E-state index contributed by atoms with van der Waals surface area (Å²) in [5.74, 6) is 0. The van der Waals surface area contributed by atoms with Crippen LogP contribution in [0.15, 0.2) is 30.6 Å². The number of ether oxygens (including phenoxy) is 1. The predicted octanol–water partition coefficient (Wildman–Crippen LogP) is 0.424. The van der Waals surface area contributed by atoms with Gasteiger partial charge in [-0.05, 0) is 22.9 Å². The van der Waals surface area contributed by atoms with Gasteiger partial charge in [-0.2, -0.15) is 4.80 Å². The first-order valence-corrected chi connectivity index (χ1v) is 6.00. The molecule has 0 aliphatic heterocycles. The molecule has 0 fully saturated rings. The number of anilines is 1. The molecule has 0 bridgehead atoms. The number of nitrogens with zero attached hydrogens (tertiary/aromatic N) is 5. The second kappa shape index (κ2) is 6.00. The normalized spacial score (nSPS) is 11.9. The molecule has 0 saturated carbocycles. The summed E-state index contributed by atoms with van der Waals surface area (Å²) in [7, 11) is 3.92. The number of aromatic nitrogens is 4. The summed E-state index contributed by atoms with van der Waals surface area (Å²) in [5.41, 5.74) is 6.97. The lowest BCUT2D eigenvalue weighted by atomic mass is 10.1. The van der Waals surface area contributed by atoms with Gasteiger partial charge in [0.1, 0.15) is 12.6 Å². The van der Waals surface area contributed by atoms with Gasteiger partial charge in [-0.3, -0.25) is 0 Å². The number of benzene rings is 1. The standard InChI is InChI=1S/C12H16N6O2/c1-17(2)10-5-3-9(4-6-10)11(7-20-12(13)19)18-15-8-14-16-18/h3-6,8,11H,7H2,1-2H3,(H2,13,19). The van der Waals surface area contributed by atoms with Crippen molar-refractivity contribution in [2.24, 2.45) is 5.73 Å². The maximum absolute atomic E-state index is 10.8. The van der Waals surface area contributed by atoms with Crippen LogP contribution < -0.4 is 10.6 Å². The Balaban J connectivity index is 2.23. The summed E-state index contributed by atoms with van der Waals surface area (Å²) in [4.78, 5) is 14.2. The average molecular weight is 276 g/mol. The minimum Gasteiger partial charge on any atom is -0.447 e. The van der Waals surface area contributed by atoms with Crippen molar-refractivity contribution in [2.45, 2.75) is 6.04 Å². The highest BCUT2D eigenvalue weighted by Crippen LogP contribution is 2.20. The first-order chi connectivity index (χ1) is 9.58. The van der Waals surface area contributed by atoms with Crippen molar-refractivity contribution < 1.29 is 9.53 Å². The van der Waals surface area contributed by atoms with E-state index in [2.05, 4.69) is 15.4 Å². The van der Waals surface area contributed by atoms with Crippen LogP contribution in [0.25, 0.3) is 0 Å². The van der Waals surface area contributed by atoms with E-state index in [-0.39, 0.29) is 12.6 Å². The Kier molecular flexibility index (Phi) is 4.14. The van der Waals surface area contributed by atoms with Gasteiger partial charge in [0.2, 0.25) is 0 Å². The highest BCUT2D eigenvalue weighted by atomic mass is 16.5. The zero-order valence-corrected chi connectivity index (χ0v) is 11.3. The summed E-state index contributed by atoms with van der Waals surface area (Å²) >= 11 is 0. The van der Waals surface area contributed by atoms with Gasteiger partial charge in [0.25, 0.3) is 0 Å². The van der Waals surface area contributed by atoms with Gasteiger partial charge in [0, 0.05) is 19.8 Å². The molecule has 2 N–H and O–H groups in total. The number of rotatable bonds is 5. The number of carbonyl (C=O) groups excluding carboxylic acids is 1. The molecular formula is C12H16N6O2. The monoisotopic (exact) mass is 276 g/mol. The first-order valence-electron chi connectivity index (χ1n) is 6.00. The summed E-state index contributed by atoms with van der Waals surface area (Å²) in [6.45, 7) is 0.0486. The lowest BCUT2D eigenvalue weighted by molar-refractivity contribution is 0.139. The molecule has 8 nitrogen and oxygen atoms in total. The molecule has 1 unspecified atom stereocenters. The minimum absolute atomic E-state index is 0.0486. The molecule has 8 heteroatoms. The highest BCUT2D eigenvalue weighted by molar-refractivity contribution is 5.64. The Morgan fingerprint density at radius 3 is 2.60 bits per heavy atom. The topological polar surface area (TPSA) is 99.2 Å². The molecule has 2 aromatic rings.